The quantitative estimate of drug-likeness (QED) is 0.653. The maximum Gasteiger partial charge on any atom is 0.307 e. The molecule has 1 amide bonds. The molecule has 0 saturated carbocycles. The van der Waals surface area contributed by atoms with Crippen molar-refractivity contribution in [3.8, 4) is 0 Å². The summed E-state index contributed by atoms with van der Waals surface area (Å²) in [6.45, 7) is 6.02. The molecule has 1 saturated heterocycles. The summed E-state index contributed by atoms with van der Waals surface area (Å²) in [5.74, 6) is -0.251. The molecule has 5 heteroatoms. The molecule has 0 aromatic rings. The van der Waals surface area contributed by atoms with Crippen molar-refractivity contribution in [2.75, 3.05) is 26.2 Å². The van der Waals surface area contributed by atoms with Gasteiger partial charge in [-0.15, -0.1) is 0 Å². The Labute approximate surface area is 95.9 Å². The standard InChI is InChI=1S/C11H20N2O3/c1-3-16-9(14)4-6-13-10(15)11(2)5-7-12-8-11/h12H,3-8H2,1-2H3,(H,13,15). The molecule has 0 spiro atoms. The van der Waals surface area contributed by atoms with E-state index in [1.165, 1.54) is 0 Å². The summed E-state index contributed by atoms with van der Waals surface area (Å²) in [6.07, 6.45) is 1.08. The molecule has 1 heterocycles. The van der Waals surface area contributed by atoms with E-state index in [-0.39, 0.29) is 23.7 Å². The van der Waals surface area contributed by atoms with E-state index in [9.17, 15) is 9.59 Å². The Kier molecular flexibility index (Phi) is 4.73. The van der Waals surface area contributed by atoms with Gasteiger partial charge in [0.25, 0.3) is 0 Å². The lowest BCUT2D eigenvalue weighted by atomic mass is 9.89. The summed E-state index contributed by atoms with van der Waals surface area (Å²) in [5, 5.41) is 5.94. The lowest BCUT2D eigenvalue weighted by Crippen LogP contribution is -2.41. The fourth-order valence-corrected chi connectivity index (χ4v) is 1.74. The van der Waals surface area contributed by atoms with E-state index in [0.717, 1.165) is 13.0 Å². The van der Waals surface area contributed by atoms with Crippen LogP contribution >= 0.6 is 0 Å². The van der Waals surface area contributed by atoms with Crippen LogP contribution in [0.1, 0.15) is 26.7 Å². The number of nitrogens with one attached hydrogen (secondary N) is 2. The van der Waals surface area contributed by atoms with Crippen LogP contribution in [0.15, 0.2) is 0 Å². The first-order chi connectivity index (χ1) is 7.58. The van der Waals surface area contributed by atoms with Crippen LogP contribution in [0.3, 0.4) is 0 Å². The van der Waals surface area contributed by atoms with Crippen molar-refractivity contribution in [1.82, 2.24) is 10.6 Å². The number of hydrogen-bond donors (Lipinski definition) is 2. The van der Waals surface area contributed by atoms with Gasteiger partial charge in [-0.05, 0) is 26.8 Å². The second-order valence-electron chi connectivity index (χ2n) is 4.30. The average molecular weight is 228 g/mol. The van der Waals surface area contributed by atoms with Crippen LogP contribution in [0.2, 0.25) is 0 Å². The molecule has 0 radical (unpaired) electrons. The predicted molar refractivity (Wildman–Crippen MR) is 59.9 cm³/mol. The molecule has 0 aromatic heterocycles. The topological polar surface area (TPSA) is 67.4 Å². The molecule has 5 nitrogen and oxygen atoms in total. The van der Waals surface area contributed by atoms with E-state index in [1.54, 1.807) is 6.92 Å². The zero-order valence-corrected chi connectivity index (χ0v) is 9.97. The zero-order chi connectivity index (χ0) is 12.0. The summed E-state index contributed by atoms with van der Waals surface area (Å²) < 4.78 is 4.77. The van der Waals surface area contributed by atoms with Crippen LogP contribution in [0.4, 0.5) is 0 Å². The van der Waals surface area contributed by atoms with Crippen LogP contribution < -0.4 is 10.6 Å². The molecule has 1 unspecified atom stereocenters. The molecule has 1 aliphatic rings. The molecule has 1 rings (SSSR count). The summed E-state index contributed by atoms with van der Waals surface area (Å²) in [7, 11) is 0. The second-order valence-corrected chi connectivity index (χ2v) is 4.30. The Morgan fingerprint density at radius 2 is 2.25 bits per heavy atom. The third kappa shape index (κ3) is 3.48. The normalized spacial score (nSPS) is 24.1. The van der Waals surface area contributed by atoms with E-state index >= 15 is 0 Å². The minimum absolute atomic E-state index is 0.0156. The van der Waals surface area contributed by atoms with Gasteiger partial charge in [-0.25, -0.2) is 0 Å². The van der Waals surface area contributed by atoms with Gasteiger partial charge in [0.05, 0.1) is 18.4 Å². The number of hydrogen-bond acceptors (Lipinski definition) is 4. The van der Waals surface area contributed by atoms with Gasteiger partial charge in [-0.1, -0.05) is 0 Å². The fraction of sp³-hybridized carbons (Fsp3) is 0.818. The molecule has 0 bridgehead atoms. The van der Waals surface area contributed by atoms with Crippen LogP contribution in [0.25, 0.3) is 0 Å². The van der Waals surface area contributed by atoms with E-state index in [0.29, 0.717) is 19.7 Å². The first kappa shape index (κ1) is 13.0. The molecular weight excluding hydrogens is 208 g/mol. The molecule has 0 aliphatic carbocycles. The number of ether oxygens (including phenoxy) is 1. The highest BCUT2D eigenvalue weighted by Gasteiger charge is 2.35. The number of carbonyl (C=O) groups excluding carboxylic acids is 2. The number of amides is 1. The van der Waals surface area contributed by atoms with Gasteiger partial charge in [0.2, 0.25) is 5.91 Å². The van der Waals surface area contributed by atoms with Gasteiger partial charge >= 0.3 is 5.97 Å². The number of carbonyl (C=O) groups is 2. The lowest BCUT2D eigenvalue weighted by Gasteiger charge is -2.21. The summed E-state index contributed by atoms with van der Waals surface area (Å²) in [4.78, 5) is 22.8. The fourth-order valence-electron chi connectivity index (χ4n) is 1.74. The number of esters is 1. The van der Waals surface area contributed by atoms with Crippen molar-refractivity contribution in [3.05, 3.63) is 0 Å². The molecule has 0 aromatic carbocycles. The van der Waals surface area contributed by atoms with Crippen LogP contribution in [0, 0.1) is 5.41 Å². The Bertz CT molecular complexity index is 260. The average Bonchev–Trinajstić information content (AvgIpc) is 2.67. The monoisotopic (exact) mass is 228 g/mol. The lowest BCUT2D eigenvalue weighted by molar-refractivity contribution is -0.143. The highest BCUT2D eigenvalue weighted by molar-refractivity contribution is 5.83. The van der Waals surface area contributed by atoms with Crippen LogP contribution in [-0.2, 0) is 14.3 Å². The van der Waals surface area contributed by atoms with Crippen molar-refractivity contribution in [2.45, 2.75) is 26.7 Å². The smallest absolute Gasteiger partial charge is 0.307 e. The van der Waals surface area contributed by atoms with E-state index in [4.69, 9.17) is 4.74 Å². The molecule has 92 valence electrons. The van der Waals surface area contributed by atoms with Gasteiger partial charge < -0.3 is 15.4 Å². The maximum atomic E-state index is 11.8. The van der Waals surface area contributed by atoms with Gasteiger partial charge in [0, 0.05) is 13.1 Å². The maximum absolute atomic E-state index is 11.8. The third-order valence-corrected chi connectivity index (χ3v) is 2.84. The Morgan fingerprint density at radius 3 is 2.81 bits per heavy atom. The minimum Gasteiger partial charge on any atom is -0.466 e. The van der Waals surface area contributed by atoms with Gasteiger partial charge in [-0.2, -0.15) is 0 Å². The predicted octanol–water partition coefficient (Wildman–Crippen LogP) is 0.0554. The Balaban J connectivity index is 2.22. The third-order valence-electron chi connectivity index (χ3n) is 2.84. The van der Waals surface area contributed by atoms with Crippen LogP contribution in [0.5, 0.6) is 0 Å². The molecular formula is C11H20N2O3. The van der Waals surface area contributed by atoms with Gasteiger partial charge in [-0.3, -0.25) is 9.59 Å². The van der Waals surface area contributed by atoms with E-state index < -0.39 is 0 Å². The van der Waals surface area contributed by atoms with Crippen molar-refractivity contribution >= 4 is 11.9 Å². The van der Waals surface area contributed by atoms with E-state index in [2.05, 4.69) is 10.6 Å². The summed E-state index contributed by atoms with van der Waals surface area (Å²) in [5.41, 5.74) is -0.325. The second kappa shape index (κ2) is 5.84. The van der Waals surface area contributed by atoms with Crippen molar-refractivity contribution in [3.63, 3.8) is 0 Å². The van der Waals surface area contributed by atoms with Crippen molar-refractivity contribution in [1.29, 1.82) is 0 Å². The minimum atomic E-state index is -0.325. The first-order valence-electron chi connectivity index (χ1n) is 5.73. The first-order valence-corrected chi connectivity index (χ1v) is 5.73. The molecule has 1 aliphatic heterocycles. The highest BCUT2D eigenvalue weighted by Crippen LogP contribution is 2.24. The molecule has 1 atom stereocenters. The van der Waals surface area contributed by atoms with Crippen LogP contribution in [-0.4, -0.2) is 38.1 Å². The van der Waals surface area contributed by atoms with E-state index in [1.807, 2.05) is 6.92 Å². The number of rotatable bonds is 5. The molecule has 1 fully saturated rings. The highest BCUT2D eigenvalue weighted by atomic mass is 16.5. The summed E-state index contributed by atoms with van der Waals surface area (Å²) in [6, 6.07) is 0. The van der Waals surface area contributed by atoms with Crippen molar-refractivity contribution in [2.24, 2.45) is 5.41 Å². The van der Waals surface area contributed by atoms with Crippen molar-refractivity contribution < 1.29 is 14.3 Å². The zero-order valence-electron chi connectivity index (χ0n) is 9.97. The Morgan fingerprint density at radius 1 is 1.50 bits per heavy atom. The summed E-state index contributed by atoms with van der Waals surface area (Å²) >= 11 is 0. The van der Waals surface area contributed by atoms with Gasteiger partial charge in [0.1, 0.15) is 0 Å². The molecule has 16 heavy (non-hydrogen) atoms. The Hall–Kier alpha value is -1.10. The largest absolute Gasteiger partial charge is 0.466 e. The SMILES string of the molecule is CCOC(=O)CCNC(=O)C1(C)CCNC1. The van der Waals surface area contributed by atoms with Gasteiger partial charge in [0.15, 0.2) is 0 Å². The molecule has 2 N–H and O–H groups in total.